The number of anilines is 1. The summed E-state index contributed by atoms with van der Waals surface area (Å²) in [5.74, 6) is -0.321. The monoisotopic (exact) mass is 405 g/mol. The van der Waals surface area contributed by atoms with Crippen LogP contribution in [0.15, 0.2) is 24.3 Å². The van der Waals surface area contributed by atoms with Gasteiger partial charge in [-0.25, -0.2) is 4.98 Å². The largest absolute Gasteiger partial charge is 0.378 e. The zero-order chi connectivity index (χ0) is 18.8. The minimum atomic E-state index is -0.228. The maximum atomic E-state index is 12.9. The number of thiazole rings is 1. The Kier molecular flexibility index (Phi) is 5.43. The van der Waals surface area contributed by atoms with E-state index in [9.17, 15) is 9.59 Å². The third kappa shape index (κ3) is 4.00. The lowest BCUT2D eigenvalue weighted by atomic mass is 9.90. The fraction of sp³-hybridized carbons (Fsp3) is 0.421. The molecule has 2 aliphatic rings. The number of nitrogens with one attached hydrogen (secondary N) is 1. The van der Waals surface area contributed by atoms with Crippen molar-refractivity contribution in [2.45, 2.75) is 25.2 Å². The van der Waals surface area contributed by atoms with Crippen molar-refractivity contribution in [3.8, 4) is 0 Å². The molecule has 4 rings (SSSR count). The van der Waals surface area contributed by atoms with Crippen LogP contribution in [0.4, 0.5) is 5.13 Å². The fourth-order valence-corrected chi connectivity index (χ4v) is 4.67. The third-order valence-corrected chi connectivity index (χ3v) is 6.20. The van der Waals surface area contributed by atoms with Crippen LogP contribution in [-0.4, -0.2) is 48.0 Å². The maximum Gasteiger partial charge on any atom is 0.257 e. The molecular formula is C19H20ClN3O3S. The van der Waals surface area contributed by atoms with Gasteiger partial charge in [0, 0.05) is 28.6 Å². The summed E-state index contributed by atoms with van der Waals surface area (Å²) in [4.78, 5) is 32.9. The summed E-state index contributed by atoms with van der Waals surface area (Å²) >= 11 is 7.33. The molecule has 142 valence electrons. The molecule has 1 aromatic heterocycles. The van der Waals surface area contributed by atoms with Gasteiger partial charge in [0.05, 0.1) is 24.8 Å². The van der Waals surface area contributed by atoms with Crippen molar-refractivity contribution >= 4 is 39.9 Å². The lowest BCUT2D eigenvalue weighted by molar-refractivity contribution is -0.137. The van der Waals surface area contributed by atoms with Crippen LogP contribution in [-0.2, 0) is 16.0 Å². The van der Waals surface area contributed by atoms with Gasteiger partial charge in [0.25, 0.3) is 5.91 Å². The predicted octanol–water partition coefficient (Wildman–Crippen LogP) is 3.33. The molecule has 0 radical (unpaired) electrons. The lowest BCUT2D eigenvalue weighted by Crippen LogP contribution is -2.43. The Morgan fingerprint density at radius 2 is 1.96 bits per heavy atom. The van der Waals surface area contributed by atoms with Crippen molar-refractivity contribution < 1.29 is 14.3 Å². The molecule has 0 saturated carbocycles. The van der Waals surface area contributed by atoms with Gasteiger partial charge in [0.15, 0.2) is 5.13 Å². The zero-order valence-electron chi connectivity index (χ0n) is 14.7. The topological polar surface area (TPSA) is 71.5 Å². The second kappa shape index (κ2) is 7.96. The van der Waals surface area contributed by atoms with Gasteiger partial charge in [0.1, 0.15) is 0 Å². The molecule has 1 aliphatic heterocycles. The van der Waals surface area contributed by atoms with Gasteiger partial charge in [-0.15, -0.1) is 11.3 Å². The number of morpholine rings is 1. The van der Waals surface area contributed by atoms with Crippen LogP contribution in [0.2, 0.25) is 5.02 Å². The van der Waals surface area contributed by atoms with Crippen LogP contribution < -0.4 is 5.32 Å². The van der Waals surface area contributed by atoms with Crippen LogP contribution in [0.25, 0.3) is 0 Å². The number of carbonyl (C=O) groups excluding carboxylic acids is 2. The van der Waals surface area contributed by atoms with Gasteiger partial charge < -0.3 is 9.64 Å². The maximum absolute atomic E-state index is 12.9. The molecule has 1 fully saturated rings. The third-order valence-electron chi connectivity index (χ3n) is 4.90. The van der Waals surface area contributed by atoms with Gasteiger partial charge >= 0.3 is 0 Å². The molecule has 0 unspecified atom stereocenters. The summed E-state index contributed by atoms with van der Waals surface area (Å²) in [6.07, 6.45) is 2.66. The highest BCUT2D eigenvalue weighted by Crippen LogP contribution is 2.38. The number of nitrogens with zero attached hydrogens (tertiary/aromatic N) is 2. The zero-order valence-corrected chi connectivity index (χ0v) is 16.3. The molecule has 2 aromatic rings. The van der Waals surface area contributed by atoms with Crippen molar-refractivity contribution in [2.75, 3.05) is 31.6 Å². The highest BCUT2D eigenvalue weighted by atomic mass is 35.5. The summed E-state index contributed by atoms with van der Waals surface area (Å²) in [5, 5.41) is 3.98. The number of fused-ring (bicyclic) bond motifs is 1. The van der Waals surface area contributed by atoms with Gasteiger partial charge in [0.2, 0.25) is 5.91 Å². The Morgan fingerprint density at radius 1 is 1.22 bits per heavy atom. The summed E-state index contributed by atoms with van der Waals surface area (Å²) in [5.41, 5.74) is 1.35. The van der Waals surface area contributed by atoms with E-state index in [1.807, 2.05) is 4.90 Å². The quantitative estimate of drug-likeness (QED) is 0.850. The average Bonchev–Trinajstić information content (AvgIpc) is 3.11. The smallest absolute Gasteiger partial charge is 0.257 e. The van der Waals surface area contributed by atoms with Crippen LogP contribution in [0.5, 0.6) is 0 Å². The lowest BCUT2D eigenvalue weighted by Gasteiger charge is -2.31. The standard InChI is InChI=1S/C19H20ClN3O3S/c20-13-6-4-12(5-7-13)17(24)22-19-21-16-14(2-1-3-15(16)27-19)18(25)23-8-10-26-11-9-23/h4-7,14H,1-3,8-11H2,(H,21,22,24)/t14-/m0/s1. The van der Waals surface area contributed by atoms with Gasteiger partial charge in [-0.3, -0.25) is 14.9 Å². The first-order valence-corrected chi connectivity index (χ1v) is 10.2. The molecule has 6 nitrogen and oxygen atoms in total. The first-order valence-electron chi connectivity index (χ1n) is 9.05. The van der Waals surface area contributed by atoms with E-state index in [0.717, 1.165) is 29.8 Å². The molecule has 1 aliphatic carbocycles. The Hall–Kier alpha value is -1.96. The molecule has 2 heterocycles. The molecule has 1 N–H and O–H groups in total. The van der Waals surface area contributed by atoms with E-state index < -0.39 is 0 Å². The van der Waals surface area contributed by atoms with Crippen LogP contribution in [0.3, 0.4) is 0 Å². The van der Waals surface area contributed by atoms with Crippen molar-refractivity contribution in [1.29, 1.82) is 0 Å². The second-order valence-electron chi connectivity index (χ2n) is 6.67. The number of carbonyl (C=O) groups is 2. The Labute approximate surface area is 166 Å². The van der Waals surface area contributed by atoms with E-state index in [1.54, 1.807) is 24.3 Å². The highest BCUT2D eigenvalue weighted by Gasteiger charge is 2.33. The average molecular weight is 406 g/mol. The molecule has 27 heavy (non-hydrogen) atoms. The van der Waals surface area contributed by atoms with Crippen molar-refractivity contribution in [3.63, 3.8) is 0 Å². The molecule has 0 spiro atoms. The van der Waals surface area contributed by atoms with Gasteiger partial charge in [-0.2, -0.15) is 0 Å². The Balaban J connectivity index is 1.51. The number of aromatic nitrogens is 1. The first kappa shape index (κ1) is 18.4. The first-order chi connectivity index (χ1) is 13.1. The minimum absolute atomic E-state index is 0.125. The molecule has 1 atom stereocenters. The molecule has 1 aromatic carbocycles. The molecular weight excluding hydrogens is 386 g/mol. The number of amides is 2. The van der Waals surface area contributed by atoms with Gasteiger partial charge in [-0.05, 0) is 43.5 Å². The van der Waals surface area contributed by atoms with E-state index in [4.69, 9.17) is 16.3 Å². The normalized spacial score (nSPS) is 19.4. The van der Waals surface area contributed by atoms with E-state index in [1.165, 1.54) is 11.3 Å². The Morgan fingerprint density at radius 3 is 2.70 bits per heavy atom. The minimum Gasteiger partial charge on any atom is -0.378 e. The van der Waals surface area contributed by atoms with E-state index in [-0.39, 0.29) is 17.7 Å². The highest BCUT2D eigenvalue weighted by molar-refractivity contribution is 7.16. The summed E-state index contributed by atoms with van der Waals surface area (Å²) < 4.78 is 5.34. The molecule has 8 heteroatoms. The van der Waals surface area contributed by atoms with E-state index in [0.29, 0.717) is 42.0 Å². The van der Waals surface area contributed by atoms with Crippen LogP contribution >= 0.6 is 22.9 Å². The molecule has 1 saturated heterocycles. The number of hydrogen-bond donors (Lipinski definition) is 1. The number of aryl methyl sites for hydroxylation is 1. The van der Waals surface area contributed by atoms with E-state index >= 15 is 0 Å². The fourth-order valence-electron chi connectivity index (χ4n) is 3.49. The van der Waals surface area contributed by atoms with Crippen LogP contribution in [0, 0.1) is 0 Å². The molecule has 0 bridgehead atoms. The second-order valence-corrected chi connectivity index (χ2v) is 8.19. The summed E-state index contributed by atoms with van der Waals surface area (Å²) in [7, 11) is 0. The van der Waals surface area contributed by atoms with Crippen molar-refractivity contribution in [3.05, 3.63) is 45.4 Å². The number of hydrogen-bond acceptors (Lipinski definition) is 5. The SMILES string of the molecule is O=C(Nc1nc2c(s1)CCC[C@@H]2C(=O)N1CCOCC1)c1ccc(Cl)cc1. The van der Waals surface area contributed by atoms with Crippen molar-refractivity contribution in [1.82, 2.24) is 9.88 Å². The van der Waals surface area contributed by atoms with E-state index in [2.05, 4.69) is 10.3 Å². The summed E-state index contributed by atoms with van der Waals surface area (Å²) in [6, 6.07) is 6.71. The Bertz CT molecular complexity index is 846. The number of halogens is 1. The van der Waals surface area contributed by atoms with Crippen molar-refractivity contribution in [2.24, 2.45) is 0 Å². The summed E-state index contributed by atoms with van der Waals surface area (Å²) in [6.45, 7) is 2.44. The van der Waals surface area contributed by atoms with Crippen LogP contribution in [0.1, 0.15) is 39.7 Å². The number of rotatable bonds is 3. The van der Waals surface area contributed by atoms with Gasteiger partial charge in [-0.1, -0.05) is 11.6 Å². The number of benzene rings is 1. The molecule has 2 amide bonds. The predicted molar refractivity (Wildman–Crippen MR) is 105 cm³/mol. The number of ether oxygens (including phenoxy) is 1.